The Morgan fingerprint density at radius 3 is 2.50 bits per heavy atom. The Balaban J connectivity index is 1.53. The zero-order valence-corrected chi connectivity index (χ0v) is 12.4. The molecule has 2 nitrogen and oxygen atoms in total. The summed E-state index contributed by atoms with van der Waals surface area (Å²) in [5.41, 5.74) is 0.708. The molecule has 0 aromatic carbocycles. The Hall–Kier alpha value is -0.120. The molecule has 1 saturated heterocycles. The molecule has 0 amide bonds. The minimum Gasteiger partial charge on any atom is -0.298 e. The van der Waals surface area contributed by atoms with Gasteiger partial charge in [-0.15, -0.1) is 11.3 Å². The summed E-state index contributed by atoms with van der Waals surface area (Å²) in [4.78, 5) is 8.00. The number of hydrogen-bond donors (Lipinski definition) is 0. The van der Waals surface area contributed by atoms with Crippen molar-refractivity contribution in [2.75, 3.05) is 13.1 Å². The summed E-state index contributed by atoms with van der Waals surface area (Å²) in [7, 11) is 0. The maximum atomic E-state index is 5.88. The summed E-state index contributed by atoms with van der Waals surface area (Å²) in [6.45, 7) is 3.56. The van der Waals surface area contributed by atoms with Gasteiger partial charge in [-0.1, -0.05) is 30.9 Å². The van der Waals surface area contributed by atoms with E-state index in [2.05, 4.69) is 9.88 Å². The topological polar surface area (TPSA) is 16.1 Å². The van der Waals surface area contributed by atoms with E-state index in [1.807, 2.05) is 6.20 Å². The van der Waals surface area contributed by atoms with Crippen LogP contribution in [0.25, 0.3) is 0 Å². The predicted octanol–water partition coefficient (Wildman–Crippen LogP) is 4.34. The molecule has 18 heavy (non-hydrogen) atoms. The molecule has 1 spiro atoms. The molecule has 1 aromatic heterocycles. The van der Waals surface area contributed by atoms with Gasteiger partial charge in [-0.25, -0.2) is 4.98 Å². The molecule has 2 fully saturated rings. The molecule has 1 aromatic rings. The number of piperidine rings is 1. The fraction of sp³-hybridized carbons (Fsp3) is 0.786. The molecule has 1 aliphatic heterocycles. The van der Waals surface area contributed by atoms with Crippen molar-refractivity contribution in [3.63, 3.8) is 0 Å². The lowest BCUT2D eigenvalue weighted by Gasteiger charge is -2.44. The molecular weight excluding hydrogens is 264 g/mol. The van der Waals surface area contributed by atoms with Gasteiger partial charge < -0.3 is 0 Å². The van der Waals surface area contributed by atoms with E-state index >= 15 is 0 Å². The van der Waals surface area contributed by atoms with Crippen LogP contribution in [0.1, 0.15) is 49.8 Å². The Morgan fingerprint density at radius 2 is 1.89 bits per heavy atom. The van der Waals surface area contributed by atoms with E-state index < -0.39 is 0 Å². The van der Waals surface area contributed by atoms with E-state index in [9.17, 15) is 0 Å². The second-order valence-corrected chi connectivity index (χ2v) is 7.61. The highest BCUT2D eigenvalue weighted by Crippen LogP contribution is 2.44. The number of rotatable bonds is 2. The van der Waals surface area contributed by atoms with E-state index in [1.54, 1.807) is 11.3 Å². The number of likely N-dealkylation sites (tertiary alicyclic amines) is 1. The molecule has 3 rings (SSSR count). The van der Waals surface area contributed by atoms with Crippen molar-refractivity contribution in [2.45, 2.75) is 51.5 Å². The minimum absolute atomic E-state index is 0.672. The molecule has 2 heterocycles. The lowest BCUT2D eigenvalue weighted by molar-refractivity contribution is 0.0646. The van der Waals surface area contributed by atoms with E-state index in [4.69, 9.17) is 11.6 Å². The van der Waals surface area contributed by atoms with E-state index in [-0.39, 0.29) is 0 Å². The van der Waals surface area contributed by atoms with Crippen LogP contribution in [-0.2, 0) is 6.54 Å². The van der Waals surface area contributed by atoms with Crippen molar-refractivity contribution in [1.82, 2.24) is 9.88 Å². The third-order valence-electron chi connectivity index (χ3n) is 4.74. The third kappa shape index (κ3) is 2.89. The maximum absolute atomic E-state index is 5.88. The van der Waals surface area contributed by atoms with Gasteiger partial charge in [0.2, 0.25) is 0 Å². The highest BCUT2D eigenvalue weighted by atomic mass is 35.5. The zero-order valence-electron chi connectivity index (χ0n) is 10.8. The summed E-state index contributed by atoms with van der Waals surface area (Å²) in [5, 5.41) is 0. The Morgan fingerprint density at radius 1 is 1.17 bits per heavy atom. The van der Waals surface area contributed by atoms with E-state index in [0.717, 1.165) is 6.54 Å². The van der Waals surface area contributed by atoms with Crippen molar-refractivity contribution in [2.24, 2.45) is 5.41 Å². The van der Waals surface area contributed by atoms with Crippen LogP contribution in [0.4, 0.5) is 0 Å². The van der Waals surface area contributed by atoms with Crippen LogP contribution in [0.3, 0.4) is 0 Å². The molecule has 4 heteroatoms. The summed E-state index contributed by atoms with van der Waals surface area (Å²) in [6, 6.07) is 0. The standard InChI is InChI=1S/C14H21ClN2S/c15-13-16-10-12(18-13)11-17-8-6-14(7-9-17)4-2-1-3-5-14/h10H,1-9,11H2. The maximum Gasteiger partial charge on any atom is 0.183 e. The molecule has 0 atom stereocenters. The summed E-state index contributed by atoms with van der Waals surface area (Å²) in [5.74, 6) is 0. The normalized spacial score (nSPS) is 24.5. The van der Waals surface area contributed by atoms with Gasteiger partial charge in [-0.3, -0.25) is 4.90 Å². The van der Waals surface area contributed by atoms with Crippen LogP contribution in [-0.4, -0.2) is 23.0 Å². The molecule has 2 aliphatic rings. The first kappa shape index (κ1) is 12.9. The first-order valence-corrected chi connectivity index (χ1v) is 8.28. The van der Waals surface area contributed by atoms with Gasteiger partial charge in [-0.05, 0) is 44.2 Å². The number of thiazole rings is 1. The lowest BCUT2D eigenvalue weighted by atomic mass is 9.68. The van der Waals surface area contributed by atoms with Crippen LogP contribution in [0.5, 0.6) is 0 Å². The minimum atomic E-state index is 0.672. The van der Waals surface area contributed by atoms with Gasteiger partial charge in [0.1, 0.15) is 0 Å². The van der Waals surface area contributed by atoms with E-state index in [1.165, 1.54) is 62.9 Å². The fourth-order valence-electron chi connectivity index (χ4n) is 3.56. The van der Waals surface area contributed by atoms with Gasteiger partial charge >= 0.3 is 0 Å². The number of hydrogen-bond acceptors (Lipinski definition) is 3. The second-order valence-electron chi connectivity index (χ2n) is 5.92. The predicted molar refractivity (Wildman–Crippen MR) is 77.2 cm³/mol. The lowest BCUT2D eigenvalue weighted by Crippen LogP contribution is -2.40. The Bertz CT molecular complexity index is 388. The van der Waals surface area contributed by atoms with Gasteiger partial charge in [0.15, 0.2) is 4.47 Å². The van der Waals surface area contributed by atoms with Gasteiger partial charge in [0, 0.05) is 17.6 Å². The van der Waals surface area contributed by atoms with Crippen molar-refractivity contribution >= 4 is 22.9 Å². The van der Waals surface area contributed by atoms with E-state index in [0.29, 0.717) is 9.88 Å². The summed E-state index contributed by atoms with van der Waals surface area (Å²) >= 11 is 7.50. The van der Waals surface area contributed by atoms with Crippen LogP contribution in [0, 0.1) is 5.41 Å². The van der Waals surface area contributed by atoms with Gasteiger partial charge in [0.25, 0.3) is 0 Å². The largest absolute Gasteiger partial charge is 0.298 e. The van der Waals surface area contributed by atoms with Crippen molar-refractivity contribution in [3.05, 3.63) is 15.5 Å². The van der Waals surface area contributed by atoms with Crippen molar-refractivity contribution in [1.29, 1.82) is 0 Å². The van der Waals surface area contributed by atoms with Crippen LogP contribution in [0.15, 0.2) is 6.20 Å². The Labute approximate surface area is 118 Å². The molecule has 0 N–H and O–H groups in total. The van der Waals surface area contributed by atoms with Gasteiger partial charge in [-0.2, -0.15) is 0 Å². The third-order valence-corrected chi connectivity index (χ3v) is 5.84. The molecule has 0 radical (unpaired) electrons. The quantitative estimate of drug-likeness (QED) is 0.803. The monoisotopic (exact) mass is 284 g/mol. The highest BCUT2D eigenvalue weighted by Gasteiger charge is 2.35. The van der Waals surface area contributed by atoms with Crippen molar-refractivity contribution in [3.8, 4) is 0 Å². The fourth-order valence-corrected chi connectivity index (χ4v) is 4.58. The second kappa shape index (κ2) is 5.48. The molecule has 1 aliphatic carbocycles. The highest BCUT2D eigenvalue weighted by molar-refractivity contribution is 7.15. The number of aromatic nitrogens is 1. The number of halogens is 1. The smallest absolute Gasteiger partial charge is 0.183 e. The molecule has 100 valence electrons. The zero-order chi connectivity index (χ0) is 12.4. The summed E-state index contributed by atoms with van der Waals surface area (Å²) in [6.07, 6.45) is 12.1. The average molecular weight is 285 g/mol. The average Bonchev–Trinajstić information content (AvgIpc) is 2.79. The molecule has 1 saturated carbocycles. The molecule has 0 bridgehead atoms. The molecule has 0 unspecified atom stereocenters. The van der Waals surface area contributed by atoms with Crippen LogP contribution in [0.2, 0.25) is 4.47 Å². The summed E-state index contributed by atoms with van der Waals surface area (Å²) < 4.78 is 0.672. The molecular formula is C14H21ClN2S. The van der Waals surface area contributed by atoms with Crippen LogP contribution >= 0.6 is 22.9 Å². The first-order chi connectivity index (χ1) is 8.76. The SMILES string of the molecule is Clc1ncc(CN2CCC3(CCCCC3)CC2)s1. The van der Waals surface area contributed by atoms with Crippen molar-refractivity contribution < 1.29 is 0 Å². The first-order valence-electron chi connectivity index (χ1n) is 7.08. The van der Waals surface area contributed by atoms with Crippen LogP contribution < -0.4 is 0 Å². The van der Waals surface area contributed by atoms with Gasteiger partial charge in [0.05, 0.1) is 0 Å². The number of nitrogens with zero attached hydrogens (tertiary/aromatic N) is 2. The Kier molecular flexibility index (Phi) is 3.92.